The lowest BCUT2D eigenvalue weighted by molar-refractivity contribution is 0.0600. The highest BCUT2D eigenvalue weighted by Gasteiger charge is 2.02. The summed E-state index contributed by atoms with van der Waals surface area (Å²) >= 11 is 2.18. The molecule has 3 heteroatoms. The van der Waals surface area contributed by atoms with E-state index in [0.717, 1.165) is 3.57 Å². The molecule has 12 heavy (non-hydrogen) atoms. The first-order valence-corrected chi connectivity index (χ1v) is 4.16. The highest BCUT2D eigenvalue weighted by Crippen LogP contribution is 2.07. The van der Waals surface area contributed by atoms with Gasteiger partial charge in [0.25, 0.3) is 0 Å². The van der Waals surface area contributed by atoms with Crippen LogP contribution in [0.15, 0.2) is 24.3 Å². The topological polar surface area (TPSA) is 26.3 Å². The number of carbonyl (C=O) groups excluding carboxylic acids is 1. The molecule has 1 rings (SSSR count). The Bertz CT molecular complexity index is 254. The quantitative estimate of drug-likeness (QED) is 0.583. The zero-order valence-electron chi connectivity index (χ0n) is 6.00. The molecule has 2 nitrogen and oxygen atoms in total. The third kappa shape index (κ3) is 2.81. The minimum atomic E-state index is -0.290. The normalized spacial score (nSPS) is 8.50. The first-order valence-electron chi connectivity index (χ1n) is 3.08. The lowest BCUT2D eigenvalue weighted by Gasteiger charge is -1.97. The van der Waals surface area contributed by atoms with E-state index in [1.807, 2.05) is 12.1 Å². The molecule has 0 spiro atoms. The average molecular weight is 278 g/mol. The molecule has 0 aromatic heterocycles. The number of esters is 1. The maximum Gasteiger partial charge on any atom is 0.337 e. The van der Waals surface area contributed by atoms with Gasteiger partial charge in [-0.1, -0.05) is 7.43 Å². The van der Waals surface area contributed by atoms with Crippen molar-refractivity contribution in [2.45, 2.75) is 7.43 Å². The molecule has 1 aromatic carbocycles. The van der Waals surface area contributed by atoms with Crippen molar-refractivity contribution in [2.75, 3.05) is 7.11 Å². The van der Waals surface area contributed by atoms with E-state index in [1.54, 1.807) is 12.1 Å². The van der Waals surface area contributed by atoms with Crippen molar-refractivity contribution in [3.05, 3.63) is 33.4 Å². The van der Waals surface area contributed by atoms with Gasteiger partial charge in [0.1, 0.15) is 0 Å². The van der Waals surface area contributed by atoms with Gasteiger partial charge in [0, 0.05) is 3.57 Å². The fourth-order valence-electron chi connectivity index (χ4n) is 0.704. The number of hydrogen-bond donors (Lipinski definition) is 0. The standard InChI is InChI=1S/C8H7IO2.CH4/c1-11-8(10)6-2-4-7(9)5-3-6;/h2-5H,1H3;1H4. The van der Waals surface area contributed by atoms with Crippen molar-refractivity contribution in [1.82, 2.24) is 0 Å². The predicted molar refractivity (Wildman–Crippen MR) is 57.2 cm³/mol. The maximum absolute atomic E-state index is 10.9. The maximum atomic E-state index is 10.9. The molecule has 0 heterocycles. The van der Waals surface area contributed by atoms with Crippen LogP contribution in [0.1, 0.15) is 17.8 Å². The van der Waals surface area contributed by atoms with Crippen molar-refractivity contribution in [2.24, 2.45) is 0 Å². The molecular weight excluding hydrogens is 267 g/mol. The molecule has 0 aliphatic rings. The number of ether oxygens (including phenoxy) is 1. The Morgan fingerprint density at radius 1 is 1.33 bits per heavy atom. The molecule has 66 valence electrons. The van der Waals surface area contributed by atoms with E-state index in [4.69, 9.17) is 0 Å². The minimum absolute atomic E-state index is 0. The van der Waals surface area contributed by atoms with Crippen molar-refractivity contribution in [3.63, 3.8) is 0 Å². The van der Waals surface area contributed by atoms with Gasteiger partial charge in [0.05, 0.1) is 12.7 Å². The van der Waals surface area contributed by atoms with Gasteiger partial charge in [-0.2, -0.15) is 0 Å². The Morgan fingerprint density at radius 3 is 2.25 bits per heavy atom. The second kappa shape index (κ2) is 5.13. The first-order chi connectivity index (χ1) is 5.24. The van der Waals surface area contributed by atoms with Crippen LogP contribution in [0.5, 0.6) is 0 Å². The van der Waals surface area contributed by atoms with Gasteiger partial charge in [-0.25, -0.2) is 4.79 Å². The third-order valence-electron chi connectivity index (χ3n) is 1.27. The summed E-state index contributed by atoms with van der Waals surface area (Å²) < 4.78 is 5.64. The van der Waals surface area contributed by atoms with Crippen LogP contribution in [0.3, 0.4) is 0 Å². The lowest BCUT2D eigenvalue weighted by Crippen LogP contribution is -2.00. The summed E-state index contributed by atoms with van der Waals surface area (Å²) in [6.07, 6.45) is 0. The van der Waals surface area contributed by atoms with Gasteiger partial charge in [0.15, 0.2) is 0 Å². The Hall–Kier alpha value is -0.580. The van der Waals surface area contributed by atoms with Crippen LogP contribution in [-0.2, 0) is 4.74 Å². The number of halogens is 1. The first kappa shape index (κ1) is 11.4. The highest BCUT2D eigenvalue weighted by molar-refractivity contribution is 14.1. The Kier molecular flexibility index (Phi) is 4.89. The van der Waals surface area contributed by atoms with Crippen LogP contribution in [0.4, 0.5) is 0 Å². The van der Waals surface area contributed by atoms with Gasteiger partial charge < -0.3 is 4.74 Å². The van der Waals surface area contributed by atoms with Crippen LogP contribution in [0.25, 0.3) is 0 Å². The number of benzene rings is 1. The average Bonchev–Trinajstić information content (AvgIpc) is 2.05. The van der Waals surface area contributed by atoms with Crippen LogP contribution >= 0.6 is 22.6 Å². The molecule has 0 bridgehead atoms. The summed E-state index contributed by atoms with van der Waals surface area (Å²) in [7, 11) is 1.38. The van der Waals surface area contributed by atoms with Crippen LogP contribution in [0.2, 0.25) is 0 Å². The molecular formula is C9H11IO2. The van der Waals surface area contributed by atoms with Gasteiger partial charge >= 0.3 is 5.97 Å². The fourth-order valence-corrected chi connectivity index (χ4v) is 1.06. The SMILES string of the molecule is C.COC(=O)c1ccc(I)cc1. The van der Waals surface area contributed by atoms with E-state index in [0.29, 0.717) is 5.56 Å². The molecule has 0 atom stereocenters. The van der Waals surface area contributed by atoms with E-state index in [9.17, 15) is 4.79 Å². The highest BCUT2D eigenvalue weighted by atomic mass is 127. The zero-order valence-corrected chi connectivity index (χ0v) is 8.16. The largest absolute Gasteiger partial charge is 0.465 e. The van der Waals surface area contributed by atoms with E-state index in [-0.39, 0.29) is 13.4 Å². The summed E-state index contributed by atoms with van der Waals surface area (Å²) in [5, 5.41) is 0. The van der Waals surface area contributed by atoms with Crippen molar-refractivity contribution in [3.8, 4) is 0 Å². The predicted octanol–water partition coefficient (Wildman–Crippen LogP) is 2.71. The molecule has 0 aliphatic carbocycles. The van der Waals surface area contributed by atoms with Crippen LogP contribution in [-0.4, -0.2) is 13.1 Å². The summed E-state index contributed by atoms with van der Waals surface area (Å²) in [4.78, 5) is 10.9. The van der Waals surface area contributed by atoms with Crippen molar-refractivity contribution in [1.29, 1.82) is 0 Å². The van der Waals surface area contributed by atoms with Gasteiger partial charge in [-0.15, -0.1) is 0 Å². The molecule has 0 amide bonds. The molecule has 1 aromatic rings. The molecule has 0 N–H and O–H groups in total. The Morgan fingerprint density at radius 2 is 1.83 bits per heavy atom. The summed E-state index contributed by atoms with van der Waals surface area (Å²) in [5.74, 6) is -0.290. The molecule has 0 radical (unpaired) electrons. The number of rotatable bonds is 1. The zero-order chi connectivity index (χ0) is 8.27. The third-order valence-corrected chi connectivity index (χ3v) is 1.98. The second-order valence-corrected chi connectivity index (χ2v) is 3.24. The van der Waals surface area contributed by atoms with Crippen LogP contribution in [0, 0.1) is 3.57 Å². The lowest BCUT2D eigenvalue weighted by atomic mass is 10.2. The minimum Gasteiger partial charge on any atom is -0.465 e. The summed E-state index contributed by atoms with van der Waals surface area (Å²) in [5.41, 5.74) is 0.591. The van der Waals surface area contributed by atoms with Gasteiger partial charge in [-0.05, 0) is 46.9 Å². The number of methoxy groups -OCH3 is 1. The van der Waals surface area contributed by atoms with E-state index in [2.05, 4.69) is 27.3 Å². The second-order valence-electron chi connectivity index (χ2n) is 2.00. The smallest absolute Gasteiger partial charge is 0.337 e. The number of hydrogen-bond acceptors (Lipinski definition) is 2. The fraction of sp³-hybridized carbons (Fsp3) is 0.222. The van der Waals surface area contributed by atoms with Crippen LogP contribution < -0.4 is 0 Å². The summed E-state index contributed by atoms with van der Waals surface area (Å²) in [6, 6.07) is 7.22. The Balaban J connectivity index is 0.00000121. The van der Waals surface area contributed by atoms with Gasteiger partial charge in [-0.3, -0.25) is 0 Å². The summed E-state index contributed by atoms with van der Waals surface area (Å²) in [6.45, 7) is 0. The molecule has 0 saturated carbocycles. The monoisotopic (exact) mass is 278 g/mol. The van der Waals surface area contributed by atoms with E-state index in [1.165, 1.54) is 7.11 Å². The number of carbonyl (C=O) groups is 1. The van der Waals surface area contributed by atoms with Gasteiger partial charge in [0.2, 0.25) is 0 Å². The molecule has 0 fully saturated rings. The molecule has 0 unspecified atom stereocenters. The Labute approximate surface area is 86.1 Å². The molecule has 0 saturated heterocycles. The van der Waals surface area contributed by atoms with E-state index < -0.39 is 0 Å². The van der Waals surface area contributed by atoms with Crippen molar-refractivity contribution < 1.29 is 9.53 Å². The van der Waals surface area contributed by atoms with E-state index >= 15 is 0 Å². The molecule has 0 aliphatic heterocycles. The van der Waals surface area contributed by atoms with Crippen molar-refractivity contribution >= 4 is 28.6 Å².